The molecule has 0 radical (unpaired) electrons. The quantitative estimate of drug-likeness (QED) is 0.0374. The molecule has 0 spiro atoms. The van der Waals surface area contributed by atoms with E-state index in [9.17, 15) is 39.3 Å². The van der Waals surface area contributed by atoms with Crippen molar-refractivity contribution >= 4 is 83.2 Å². The van der Waals surface area contributed by atoms with Crippen LogP contribution in [0.5, 0.6) is 0 Å². The highest BCUT2D eigenvalue weighted by Crippen LogP contribution is 2.53. The van der Waals surface area contributed by atoms with Gasteiger partial charge in [-0.15, -0.1) is 47.0 Å². The van der Waals surface area contributed by atoms with E-state index in [-0.39, 0.29) is 114 Å². The lowest BCUT2D eigenvalue weighted by Gasteiger charge is -2.46. The summed E-state index contributed by atoms with van der Waals surface area (Å²) in [7, 11) is 0. The van der Waals surface area contributed by atoms with E-state index in [1.54, 1.807) is 23.9 Å². The van der Waals surface area contributed by atoms with Crippen molar-refractivity contribution in [2.75, 3.05) is 44.4 Å². The van der Waals surface area contributed by atoms with Crippen molar-refractivity contribution in [1.29, 1.82) is 10.5 Å². The van der Waals surface area contributed by atoms with Crippen LogP contribution in [0.4, 0.5) is 14.4 Å². The Labute approximate surface area is 611 Å². The first kappa shape index (κ1) is 80.8. The molecule has 3 fully saturated rings. The van der Waals surface area contributed by atoms with Crippen LogP contribution in [0.3, 0.4) is 0 Å². The molecule has 2 aromatic carbocycles. The molecule has 2 aliphatic heterocycles. The van der Waals surface area contributed by atoms with Crippen LogP contribution in [0.25, 0.3) is 0 Å². The number of carbonyl (C=O) groups is 6. The SMILES string of the molecule is C/C=C/C=C/COC(=O)NCC1(C)CC(CC(=O)OC2=CCC(C#N)(SCc3ccc(COC(=O)CC4CC(C)(C)CC(C)(CNC(=O)OCc5ccc(CSC6(C#N)CC(OC(=O)CC7CC(C)(C)CC(C)(CNC(=O)OC/C=C/C=C/C)C7)=CCS6)cc5)C4)cc3)SC2)CC(C)(C)C1. The molecule has 21 heteroatoms. The van der Waals surface area contributed by atoms with Gasteiger partial charge in [-0.05, 0) is 168 Å². The number of nitrogens with zero attached hydrogens (tertiary/aromatic N) is 2. The number of amides is 3. The molecular formula is C79H107N5O12S4. The molecule has 8 atom stereocenters. The molecule has 2 heterocycles. The molecule has 5 aliphatic rings. The molecule has 2 aromatic rings. The van der Waals surface area contributed by atoms with Crippen molar-refractivity contribution in [2.45, 2.75) is 199 Å². The number of nitrogens with one attached hydrogen (secondary N) is 3. The van der Waals surface area contributed by atoms with Crippen molar-refractivity contribution < 1.29 is 57.2 Å². The van der Waals surface area contributed by atoms with Crippen LogP contribution < -0.4 is 16.0 Å². The molecule has 3 amide bonds. The zero-order valence-electron chi connectivity index (χ0n) is 60.7. The fourth-order valence-electron chi connectivity index (χ4n) is 16.2. The fraction of sp³-hybridized carbons (Fsp3) is 0.595. The molecule has 8 unspecified atom stereocenters. The van der Waals surface area contributed by atoms with Crippen LogP contribution >= 0.6 is 47.0 Å². The second-order valence-corrected chi connectivity index (χ2v) is 37.2. The van der Waals surface area contributed by atoms with Crippen molar-refractivity contribution in [3.05, 3.63) is 143 Å². The number of hydrogen-bond acceptors (Lipinski definition) is 18. The van der Waals surface area contributed by atoms with Crippen LogP contribution in [0.15, 0.2) is 121 Å². The Hall–Kier alpha value is -6.52. The normalized spacial score (nSPS) is 27.0. The van der Waals surface area contributed by atoms with Crippen LogP contribution in [0, 0.1) is 72.9 Å². The Morgan fingerprint density at radius 2 is 0.900 bits per heavy atom. The van der Waals surface area contributed by atoms with Gasteiger partial charge in [0, 0.05) is 69.0 Å². The van der Waals surface area contributed by atoms with E-state index < -0.39 is 26.4 Å². The molecule has 3 aliphatic carbocycles. The van der Waals surface area contributed by atoms with E-state index in [4.69, 9.17) is 28.4 Å². The molecule has 7 rings (SSSR count). The zero-order valence-corrected chi connectivity index (χ0v) is 64.0. The fourth-order valence-corrected chi connectivity index (χ4v) is 21.0. The summed E-state index contributed by atoms with van der Waals surface area (Å²) in [6, 6.07) is 20.7. The van der Waals surface area contributed by atoms with Gasteiger partial charge in [0.25, 0.3) is 0 Å². The van der Waals surface area contributed by atoms with Crippen LogP contribution in [-0.4, -0.2) is 88.7 Å². The van der Waals surface area contributed by atoms with Crippen LogP contribution in [-0.2, 0) is 67.5 Å². The number of nitriles is 2. The lowest BCUT2D eigenvalue weighted by atomic mass is 9.60. The Kier molecular flexibility index (Phi) is 30.0. The maximum absolute atomic E-state index is 13.5. The van der Waals surface area contributed by atoms with Gasteiger partial charge in [0.05, 0.1) is 17.9 Å². The molecular weight excluding hydrogens is 1340 g/mol. The lowest BCUT2D eigenvalue weighted by molar-refractivity contribution is -0.147. The zero-order chi connectivity index (χ0) is 72.7. The molecule has 100 heavy (non-hydrogen) atoms. The van der Waals surface area contributed by atoms with Gasteiger partial charge in [-0.3, -0.25) is 14.4 Å². The number of ether oxygens (including phenoxy) is 6. The minimum Gasteiger partial charge on any atom is -0.461 e. The summed E-state index contributed by atoms with van der Waals surface area (Å²) >= 11 is 6.07. The third-order valence-electron chi connectivity index (χ3n) is 19.1. The Balaban J connectivity index is 0.775. The minimum absolute atomic E-state index is 0.0241. The third kappa shape index (κ3) is 27.3. The van der Waals surface area contributed by atoms with Gasteiger partial charge in [0.1, 0.15) is 37.9 Å². The van der Waals surface area contributed by atoms with Crippen molar-refractivity contribution in [1.82, 2.24) is 16.0 Å². The van der Waals surface area contributed by atoms with Crippen molar-refractivity contribution in [3.63, 3.8) is 0 Å². The summed E-state index contributed by atoms with van der Waals surface area (Å²) in [5.41, 5.74) is 2.86. The number of alkyl carbamates (subject to hydrolysis) is 3. The van der Waals surface area contributed by atoms with E-state index in [2.05, 4.69) is 90.4 Å². The third-order valence-corrected chi connectivity index (χ3v) is 25.1. The summed E-state index contributed by atoms with van der Waals surface area (Å²) in [6.07, 6.45) is 26.1. The average molecular weight is 1450 g/mol. The van der Waals surface area contributed by atoms with Gasteiger partial charge in [-0.1, -0.05) is 147 Å². The maximum atomic E-state index is 13.5. The number of thioether (sulfide) groups is 4. The van der Waals surface area contributed by atoms with Gasteiger partial charge in [-0.2, -0.15) is 10.5 Å². The minimum atomic E-state index is -0.843. The molecule has 3 N–H and O–H groups in total. The number of esters is 3. The Morgan fingerprint density at radius 3 is 1.32 bits per heavy atom. The highest BCUT2D eigenvalue weighted by atomic mass is 32.2. The number of carbonyl (C=O) groups excluding carboxylic acids is 6. The maximum Gasteiger partial charge on any atom is 0.407 e. The van der Waals surface area contributed by atoms with Crippen molar-refractivity contribution in [3.8, 4) is 12.1 Å². The summed E-state index contributed by atoms with van der Waals surface area (Å²) in [5.74, 6) is 2.56. The molecule has 17 nitrogen and oxygen atoms in total. The smallest absolute Gasteiger partial charge is 0.407 e. The van der Waals surface area contributed by atoms with E-state index in [0.717, 1.165) is 80.0 Å². The number of benzene rings is 2. The van der Waals surface area contributed by atoms with E-state index in [1.165, 1.54) is 35.3 Å². The van der Waals surface area contributed by atoms with Crippen LogP contribution in [0.2, 0.25) is 0 Å². The molecule has 0 aromatic heterocycles. The summed E-state index contributed by atoms with van der Waals surface area (Å²) in [6.45, 7) is 25.4. The van der Waals surface area contributed by atoms with Gasteiger partial charge >= 0.3 is 36.2 Å². The largest absolute Gasteiger partial charge is 0.461 e. The molecule has 544 valence electrons. The van der Waals surface area contributed by atoms with E-state index in [1.807, 2.05) is 111 Å². The highest BCUT2D eigenvalue weighted by molar-refractivity contribution is 8.18. The predicted octanol–water partition coefficient (Wildman–Crippen LogP) is 18.1. The number of rotatable bonds is 30. The lowest BCUT2D eigenvalue weighted by Crippen LogP contribution is -2.44. The Bertz CT molecular complexity index is 3420. The van der Waals surface area contributed by atoms with Gasteiger partial charge in [0.15, 0.2) is 8.16 Å². The summed E-state index contributed by atoms with van der Waals surface area (Å²) < 4.78 is 32.5. The second-order valence-electron chi connectivity index (χ2n) is 31.5. The monoisotopic (exact) mass is 1450 g/mol. The number of allylic oxidation sites excluding steroid dienone is 8. The van der Waals surface area contributed by atoms with E-state index >= 15 is 0 Å². The molecule has 0 bridgehead atoms. The van der Waals surface area contributed by atoms with Gasteiger partial charge in [-0.25, -0.2) is 14.4 Å². The summed E-state index contributed by atoms with van der Waals surface area (Å²) in [5, 5.41) is 29.8. The van der Waals surface area contributed by atoms with Crippen LogP contribution in [0.1, 0.15) is 188 Å². The first-order valence-electron chi connectivity index (χ1n) is 35.1. The van der Waals surface area contributed by atoms with E-state index in [0.29, 0.717) is 67.0 Å². The second kappa shape index (κ2) is 37.1. The highest BCUT2D eigenvalue weighted by Gasteiger charge is 2.46. The topological polar surface area (TPSA) is 241 Å². The standard InChI is InChI=1S/C79H107N5O12S4/c1-12-14-16-18-31-91-69(88)82-54-76(10)41-62(38-73(5,6)50-76)35-67(86)95-64-29-33-97-79(43-64,53-81)99-47-60-26-22-58(23-27-60)45-94-71(90)84-56-75(9)40-61(37-72(3,4)49-75)34-66(85)93-44-57-20-24-59(25-21-57)46-98-78(52-80)30-28-65(48-100-78)96-68(87)36-63-39-74(7,8)51-77(11,42-63)55-83-70(89)92-32-19-17-15-13-2/h12-29,61-63H,30-51,54-56H2,1-11H3,(H,82,88)(H,83,89)(H,84,90)/b14-12+,15-13+,18-16+,19-17+. The number of hydrogen-bond donors (Lipinski definition) is 3. The van der Waals surface area contributed by atoms with Crippen molar-refractivity contribution in [2.24, 2.45) is 50.2 Å². The summed E-state index contributed by atoms with van der Waals surface area (Å²) in [4.78, 5) is 78.4. The molecule has 3 saturated carbocycles. The predicted molar refractivity (Wildman–Crippen MR) is 401 cm³/mol. The van der Waals surface area contributed by atoms with Gasteiger partial charge in [0.2, 0.25) is 0 Å². The average Bonchev–Trinajstić information content (AvgIpc) is 0.815. The van der Waals surface area contributed by atoms with Gasteiger partial charge < -0.3 is 44.4 Å². The first-order valence-corrected chi connectivity index (χ1v) is 39.1. The molecule has 0 saturated heterocycles. The first-order chi connectivity index (χ1) is 47.3. The Morgan fingerprint density at radius 1 is 0.500 bits per heavy atom.